The van der Waals surface area contributed by atoms with Gasteiger partial charge in [0, 0.05) is 9.58 Å². The third-order valence-electron chi connectivity index (χ3n) is 3.42. The molecule has 1 nitrogen and oxygen atoms in total. The number of aliphatic hydroxyl groups excluding tert-OH is 1. The van der Waals surface area contributed by atoms with Crippen LogP contribution in [0.15, 0.2) is 54.6 Å². The molecule has 0 bridgehead atoms. The highest BCUT2D eigenvalue weighted by Crippen LogP contribution is 2.33. The zero-order valence-electron chi connectivity index (χ0n) is 10.8. The van der Waals surface area contributed by atoms with Gasteiger partial charge in [0.05, 0.1) is 0 Å². The van der Waals surface area contributed by atoms with Crippen LogP contribution in [-0.2, 0) is 6.42 Å². The van der Waals surface area contributed by atoms with Crippen molar-refractivity contribution in [3.63, 3.8) is 0 Å². The van der Waals surface area contributed by atoms with E-state index in [2.05, 4.69) is 37.3 Å². The Morgan fingerprint density at radius 3 is 2.47 bits per heavy atom. The van der Waals surface area contributed by atoms with E-state index in [4.69, 9.17) is 0 Å². The number of hydrogen-bond donors (Lipinski definition) is 1. The molecular formula is C17H16OS. The van der Waals surface area contributed by atoms with Crippen molar-refractivity contribution in [1.29, 1.82) is 0 Å². The van der Waals surface area contributed by atoms with Crippen molar-refractivity contribution in [1.82, 2.24) is 0 Å². The van der Waals surface area contributed by atoms with Gasteiger partial charge in [-0.2, -0.15) is 0 Å². The predicted molar refractivity (Wildman–Crippen MR) is 81.7 cm³/mol. The molecule has 0 aliphatic heterocycles. The van der Waals surface area contributed by atoms with Crippen molar-refractivity contribution in [2.24, 2.45) is 0 Å². The number of aryl methyl sites for hydroxylation is 1. The maximum absolute atomic E-state index is 10.5. The van der Waals surface area contributed by atoms with Gasteiger partial charge in [-0.3, -0.25) is 0 Å². The Balaban J connectivity index is 1.95. The molecule has 2 heteroatoms. The smallest absolute Gasteiger partial charge is 0.113 e. The number of rotatable bonds is 3. The number of aliphatic hydroxyl groups is 1. The summed E-state index contributed by atoms with van der Waals surface area (Å²) in [5.41, 5.74) is 2.26. The van der Waals surface area contributed by atoms with Crippen molar-refractivity contribution in [2.45, 2.75) is 19.4 Å². The largest absolute Gasteiger partial charge is 0.383 e. The molecule has 96 valence electrons. The zero-order chi connectivity index (χ0) is 13.2. The summed E-state index contributed by atoms with van der Waals surface area (Å²) in [4.78, 5) is 1.01. The molecule has 1 N–H and O–H groups in total. The first-order chi connectivity index (χ1) is 9.28. The summed E-state index contributed by atoms with van der Waals surface area (Å²) < 4.78 is 1.22. The van der Waals surface area contributed by atoms with Gasteiger partial charge in [-0.05, 0) is 35.1 Å². The Kier molecular flexibility index (Phi) is 3.36. The van der Waals surface area contributed by atoms with Gasteiger partial charge in [-0.15, -0.1) is 11.3 Å². The van der Waals surface area contributed by atoms with E-state index in [0.717, 1.165) is 16.9 Å². The van der Waals surface area contributed by atoms with Crippen LogP contribution in [0, 0.1) is 0 Å². The second-order valence-electron chi connectivity index (χ2n) is 4.68. The lowest BCUT2D eigenvalue weighted by Crippen LogP contribution is -1.96. The maximum Gasteiger partial charge on any atom is 0.113 e. The van der Waals surface area contributed by atoms with Crippen LogP contribution in [0.2, 0.25) is 0 Å². The van der Waals surface area contributed by atoms with Gasteiger partial charge in [0.25, 0.3) is 0 Å². The highest BCUT2D eigenvalue weighted by molar-refractivity contribution is 7.19. The van der Waals surface area contributed by atoms with E-state index in [-0.39, 0.29) is 0 Å². The number of thiophene rings is 1. The molecule has 0 radical (unpaired) electrons. The lowest BCUT2D eigenvalue weighted by molar-refractivity contribution is 0.224. The van der Waals surface area contributed by atoms with E-state index in [1.54, 1.807) is 11.3 Å². The quantitative estimate of drug-likeness (QED) is 0.739. The average Bonchev–Trinajstić information content (AvgIpc) is 2.90. The topological polar surface area (TPSA) is 20.2 Å². The Morgan fingerprint density at radius 2 is 1.79 bits per heavy atom. The molecule has 1 atom stereocenters. The fraction of sp³-hybridized carbons (Fsp3) is 0.176. The highest BCUT2D eigenvalue weighted by atomic mass is 32.1. The molecule has 1 unspecified atom stereocenters. The summed E-state index contributed by atoms with van der Waals surface area (Å²) in [5.74, 6) is 0. The molecule has 1 heterocycles. The van der Waals surface area contributed by atoms with E-state index >= 15 is 0 Å². The molecule has 0 fully saturated rings. The Hall–Kier alpha value is -1.64. The molecule has 1 aromatic heterocycles. The summed E-state index contributed by atoms with van der Waals surface area (Å²) in [6, 6.07) is 18.5. The summed E-state index contributed by atoms with van der Waals surface area (Å²) in [6.07, 6.45) is 0.502. The number of benzene rings is 2. The minimum atomic E-state index is -0.525. The van der Waals surface area contributed by atoms with E-state index in [1.807, 2.05) is 24.3 Å². The lowest BCUT2D eigenvalue weighted by atomic mass is 10.0. The van der Waals surface area contributed by atoms with Gasteiger partial charge in [0.1, 0.15) is 6.10 Å². The summed E-state index contributed by atoms with van der Waals surface area (Å²) in [7, 11) is 0. The molecule has 0 saturated heterocycles. The number of hydrogen-bond acceptors (Lipinski definition) is 2. The second kappa shape index (κ2) is 5.16. The average molecular weight is 268 g/mol. The van der Waals surface area contributed by atoms with Crippen LogP contribution >= 0.6 is 11.3 Å². The fourth-order valence-corrected chi connectivity index (χ4v) is 3.32. The van der Waals surface area contributed by atoms with Gasteiger partial charge in [-0.1, -0.05) is 49.4 Å². The second-order valence-corrected chi connectivity index (χ2v) is 5.80. The SMILES string of the molecule is CCc1ccc(C(O)c2cc3ccccc3s2)cc1. The Morgan fingerprint density at radius 1 is 1.05 bits per heavy atom. The molecular weight excluding hydrogens is 252 g/mol. The van der Waals surface area contributed by atoms with Crippen molar-refractivity contribution < 1.29 is 5.11 Å². The van der Waals surface area contributed by atoms with Crippen molar-refractivity contribution >= 4 is 21.4 Å². The van der Waals surface area contributed by atoms with E-state index in [1.165, 1.54) is 15.6 Å². The van der Waals surface area contributed by atoms with Crippen molar-refractivity contribution in [3.8, 4) is 0 Å². The van der Waals surface area contributed by atoms with Crippen LogP contribution in [0.1, 0.15) is 29.0 Å². The molecule has 0 aliphatic rings. The summed E-state index contributed by atoms with van der Waals surface area (Å²) >= 11 is 1.66. The lowest BCUT2D eigenvalue weighted by Gasteiger charge is -2.09. The molecule has 0 amide bonds. The predicted octanol–water partition coefficient (Wildman–Crippen LogP) is 4.55. The third kappa shape index (κ3) is 2.42. The zero-order valence-corrected chi connectivity index (χ0v) is 11.7. The maximum atomic E-state index is 10.5. The normalized spacial score (nSPS) is 12.7. The van der Waals surface area contributed by atoms with Crippen LogP contribution < -0.4 is 0 Å². The first kappa shape index (κ1) is 12.4. The van der Waals surface area contributed by atoms with Crippen molar-refractivity contribution in [3.05, 3.63) is 70.6 Å². The van der Waals surface area contributed by atoms with Crippen LogP contribution in [0.3, 0.4) is 0 Å². The van der Waals surface area contributed by atoms with Gasteiger partial charge < -0.3 is 5.11 Å². The molecule has 19 heavy (non-hydrogen) atoms. The van der Waals surface area contributed by atoms with Crippen molar-refractivity contribution in [2.75, 3.05) is 0 Å². The Bertz CT molecular complexity index is 649. The molecule has 2 aromatic carbocycles. The number of fused-ring (bicyclic) bond motifs is 1. The summed E-state index contributed by atoms with van der Waals surface area (Å²) in [6.45, 7) is 2.14. The minimum absolute atomic E-state index is 0.525. The van der Waals surface area contributed by atoms with E-state index in [9.17, 15) is 5.11 Å². The van der Waals surface area contributed by atoms with E-state index in [0.29, 0.717) is 0 Å². The van der Waals surface area contributed by atoms with Gasteiger partial charge in [0.15, 0.2) is 0 Å². The molecule has 3 aromatic rings. The molecule has 0 aliphatic carbocycles. The molecule has 0 saturated carbocycles. The monoisotopic (exact) mass is 268 g/mol. The van der Waals surface area contributed by atoms with Crippen LogP contribution in [-0.4, -0.2) is 5.11 Å². The van der Waals surface area contributed by atoms with Gasteiger partial charge in [-0.25, -0.2) is 0 Å². The molecule has 0 spiro atoms. The molecule has 3 rings (SSSR count). The van der Waals surface area contributed by atoms with Gasteiger partial charge >= 0.3 is 0 Å². The van der Waals surface area contributed by atoms with Crippen LogP contribution in [0.4, 0.5) is 0 Å². The first-order valence-electron chi connectivity index (χ1n) is 6.53. The minimum Gasteiger partial charge on any atom is -0.383 e. The standard InChI is InChI=1S/C17H16OS/c1-2-12-7-9-13(10-8-12)17(18)16-11-14-5-3-4-6-15(14)19-16/h3-11,17-18H,2H2,1H3. The summed E-state index contributed by atoms with van der Waals surface area (Å²) in [5, 5.41) is 11.7. The van der Waals surface area contributed by atoms with Crippen LogP contribution in [0.25, 0.3) is 10.1 Å². The highest BCUT2D eigenvalue weighted by Gasteiger charge is 2.13. The van der Waals surface area contributed by atoms with E-state index < -0.39 is 6.10 Å². The third-order valence-corrected chi connectivity index (χ3v) is 4.59. The fourth-order valence-electron chi connectivity index (χ4n) is 2.24. The van der Waals surface area contributed by atoms with Gasteiger partial charge in [0.2, 0.25) is 0 Å². The first-order valence-corrected chi connectivity index (χ1v) is 7.35. The Labute approximate surface area is 117 Å². The van der Waals surface area contributed by atoms with Crippen LogP contribution in [0.5, 0.6) is 0 Å².